The monoisotopic (exact) mass is 164 g/mol. The first-order valence-electron chi connectivity index (χ1n) is 3.56. The van der Waals surface area contributed by atoms with E-state index in [1.54, 1.807) is 0 Å². The first-order valence-corrected chi connectivity index (χ1v) is 3.56. The predicted molar refractivity (Wildman–Crippen MR) is 43.8 cm³/mol. The molecule has 0 saturated heterocycles. The zero-order valence-electron chi connectivity index (χ0n) is 7.48. The Labute approximate surface area is 68.0 Å². The van der Waals surface area contributed by atoms with Gasteiger partial charge in [0.1, 0.15) is 0 Å². The van der Waals surface area contributed by atoms with E-state index in [-0.39, 0.29) is 0 Å². The van der Waals surface area contributed by atoms with E-state index in [2.05, 4.69) is 0 Å². The van der Waals surface area contributed by atoms with Crippen LogP contribution in [-0.4, -0.2) is 34.6 Å². The third-order valence-electron chi connectivity index (χ3n) is 0.544. The van der Waals surface area contributed by atoms with E-state index in [4.69, 9.17) is 19.8 Å². The van der Waals surface area contributed by atoms with Gasteiger partial charge in [-0.1, -0.05) is 0 Å². The summed E-state index contributed by atoms with van der Waals surface area (Å²) in [4.78, 5) is 0. The molecule has 0 heterocycles. The van der Waals surface area contributed by atoms with Gasteiger partial charge >= 0.3 is 7.32 Å². The molecule has 0 aliphatic heterocycles. The Morgan fingerprint density at radius 3 is 1.09 bits per heavy atom. The highest BCUT2D eigenvalue weighted by Crippen LogP contribution is 1.93. The summed E-state index contributed by atoms with van der Waals surface area (Å²) in [6.07, 6.45) is 0.750. The fourth-order valence-electron chi connectivity index (χ4n) is 0.544. The molecule has 0 spiro atoms. The van der Waals surface area contributed by atoms with Gasteiger partial charge in [-0.05, 0) is 27.7 Å². The van der Waals surface area contributed by atoms with Crippen molar-refractivity contribution in [1.29, 1.82) is 0 Å². The number of hydrogen-bond acceptors (Lipinski definition) is 4. The molecule has 3 N–H and O–H groups in total. The van der Waals surface area contributed by atoms with E-state index in [0.29, 0.717) is 12.2 Å². The molecule has 0 rings (SSSR count). The van der Waals surface area contributed by atoms with Crippen LogP contribution in [0.4, 0.5) is 0 Å². The van der Waals surface area contributed by atoms with Gasteiger partial charge in [0, 0.05) is 0 Å². The Balaban J connectivity index is 0. The second kappa shape index (κ2) is 8.01. The topological polar surface area (TPSA) is 69.9 Å². The van der Waals surface area contributed by atoms with Crippen molar-refractivity contribution in [3.05, 3.63) is 0 Å². The van der Waals surface area contributed by atoms with Gasteiger partial charge in [-0.2, -0.15) is 0 Å². The van der Waals surface area contributed by atoms with Gasteiger partial charge in [0.2, 0.25) is 0 Å². The zero-order chi connectivity index (χ0) is 9.44. The molecule has 0 aromatic rings. The van der Waals surface area contributed by atoms with Crippen LogP contribution in [0.25, 0.3) is 0 Å². The third kappa shape index (κ3) is 40.6. The molecule has 0 saturated carbocycles. The van der Waals surface area contributed by atoms with Gasteiger partial charge in [-0.3, -0.25) is 0 Å². The maximum absolute atomic E-state index is 7.17. The third-order valence-corrected chi connectivity index (χ3v) is 0.544. The summed E-state index contributed by atoms with van der Waals surface area (Å²) in [5, 5.41) is 21.5. The lowest BCUT2D eigenvalue weighted by Gasteiger charge is -2.09. The van der Waals surface area contributed by atoms with Gasteiger partial charge < -0.3 is 19.8 Å². The van der Waals surface area contributed by atoms with Gasteiger partial charge in [0.15, 0.2) is 0 Å². The first-order chi connectivity index (χ1) is 4.86. The smallest absolute Gasteiger partial charge is 0.402 e. The van der Waals surface area contributed by atoms with Crippen molar-refractivity contribution in [2.45, 2.75) is 39.9 Å². The predicted octanol–water partition coefficient (Wildman–Crippen LogP) is -0.232. The molecule has 0 aromatic carbocycles. The van der Waals surface area contributed by atoms with Crippen LogP contribution in [0.15, 0.2) is 0 Å². The van der Waals surface area contributed by atoms with Crippen molar-refractivity contribution in [1.82, 2.24) is 0 Å². The molecule has 0 atom stereocenters. The molecule has 0 aliphatic rings. The van der Waals surface area contributed by atoms with Crippen LogP contribution in [-0.2, 0) is 4.74 Å². The Kier molecular flexibility index (Phi) is 9.82. The van der Waals surface area contributed by atoms with Crippen LogP contribution in [0.5, 0.6) is 0 Å². The Morgan fingerprint density at radius 2 is 1.09 bits per heavy atom. The van der Waals surface area contributed by atoms with E-state index < -0.39 is 7.32 Å². The van der Waals surface area contributed by atoms with Gasteiger partial charge in [0.25, 0.3) is 0 Å². The number of rotatable bonds is 2. The van der Waals surface area contributed by atoms with E-state index >= 15 is 0 Å². The van der Waals surface area contributed by atoms with Crippen LogP contribution in [0, 0.1) is 0 Å². The highest BCUT2D eigenvalue weighted by molar-refractivity contribution is 6.30. The lowest BCUT2D eigenvalue weighted by atomic mass is 10.3. The summed E-state index contributed by atoms with van der Waals surface area (Å²) in [7, 11) is -2.17. The van der Waals surface area contributed by atoms with Crippen molar-refractivity contribution < 1.29 is 19.8 Å². The van der Waals surface area contributed by atoms with Crippen LogP contribution in [0.1, 0.15) is 27.7 Å². The summed E-state index contributed by atoms with van der Waals surface area (Å²) in [6.45, 7) is 8.17. The summed E-state index contributed by atoms with van der Waals surface area (Å²) in [6, 6.07) is 0. The van der Waals surface area contributed by atoms with E-state index in [0.717, 1.165) is 0 Å². The lowest BCUT2D eigenvalue weighted by molar-refractivity contribution is 0.0300. The van der Waals surface area contributed by atoms with Crippen molar-refractivity contribution in [3.8, 4) is 0 Å². The van der Waals surface area contributed by atoms with E-state index in [1.807, 2.05) is 27.7 Å². The minimum atomic E-state index is -2.17. The highest BCUT2D eigenvalue weighted by Gasteiger charge is 1.94. The average Bonchev–Trinajstić information content (AvgIpc) is 1.56. The molecule has 0 fully saturated rings. The molecule has 68 valence electrons. The second-order valence-corrected chi connectivity index (χ2v) is 2.58. The molecule has 0 bridgehead atoms. The van der Waals surface area contributed by atoms with Crippen molar-refractivity contribution >= 4 is 7.32 Å². The molecule has 5 heteroatoms. The molecule has 0 aromatic heterocycles. The van der Waals surface area contributed by atoms with Crippen LogP contribution in [0.3, 0.4) is 0 Å². The minimum absolute atomic E-state index is 0.375. The van der Waals surface area contributed by atoms with Crippen molar-refractivity contribution in [3.63, 3.8) is 0 Å². The zero-order valence-corrected chi connectivity index (χ0v) is 7.48. The molecule has 4 nitrogen and oxygen atoms in total. The quantitative estimate of drug-likeness (QED) is 0.493. The van der Waals surface area contributed by atoms with Gasteiger partial charge in [-0.25, -0.2) is 0 Å². The first kappa shape index (κ1) is 13.5. The fourth-order valence-corrected chi connectivity index (χ4v) is 0.544. The largest absolute Gasteiger partial charge is 0.631 e. The molecule has 11 heavy (non-hydrogen) atoms. The highest BCUT2D eigenvalue weighted by atomic mass is 16.5. The van der Waals surface area contributed by atoms with Crippen molar-refractivity contribution in [2.75, 3.05) is 0 Å². The van der Waals surface area contributed by atoms with Crippen LogP contribution >= 0.6 is 0 Å². The normalized spacial score (nSPS) is 9.55. The molecular weight excluding hydrogens is 147 g/mol. The average molecular weight is 164 g/mol. The summed E-state index contributed by atoms with van der Waals surface area (Å²) >= 11 is 0. The Bertz CT molecular complexity index is 66.2. The maximum atomic E-state index is 7.17. The lowest BCUT2D eigenvalue weighted by Crippen LogP contribution is -2.09. The summed E-state index contributed by atoms with van der Waals surface area (Å²) < 4.78 is 5.25. The molecular formula is C6H17BO4. The molecule has 0 unspecified atom stereocenters. The minimum Gasteiger partial charge on any atom is -0.402 e. The Morgan fingerprint density at radius 1 is 0.909 bits per heavy atom. The van der Waals surface area contributed by atoms with Gasteiger partial charge in [-0.15, -0.1) is 0 Å². The molecule has 0 aliphatic carbocycles. The van der Waals surface area contributed by atoms with Crippen molar-refractivity contribution in [2.24, 2.45) is 0 Å². The van der Waals surface area contributed by atoms with Crippen LogP contribution in [0.2, 0.25) is 0 Å². The molecule has 0 amide bonds. The second-order valence-electron chi connectivity index (χ2n) is 2.58. The van der Waals surface area contributed by atoms with Gasteiger partial charge in [0.05, 0.1) is 12.2 Å². The Hall–Kier alpha value is -0.0951. The summed E-state index contributed by atoms with van der Waals surface area (Å²) in [5.74, 6) is 0. The number of ether oxygens (including phenoxy) is 1. The van der Waals surface area contributed by atoms with Crippen LogP contribution < -0.4 is 0 Å². The standard InChI is InChI=1S/C6H14O.BH3O3/c1-5(2)7-6(3)4;2-1(3)4/h5-6H,1-4H3;2-4H. The maximum Gasteiger partial charge on any atom is 0.631 e. The fraction of sp³-hybridized carbons (Fsp3) is 1.00. The summed E-state index contributed by atoms with van der Waals surface area (Å²) in [5.41, 5.74) is 0. The molecule has 0 radical (unpaired) electrons. The van der Waals surface area contributed by atoms with E-state index in [9.17, 15) is 0 Å². The SMILES string of the molecule is CC(C)OC(C)C.OB(O)O. The van der Waals surface area contributed by atoms with E-state index in [1.165, 1.54) is 0 Å². The number of hydrogen-bond donors (Lipinski definition) is 3.